The standard InChI is InChI=1S/C34H49N3O2/c1-2-3-4-5-6-7-8-9-10-11-12-13-14-15-16-17-18-21-33(38)36-27-30-22-24-31(25-23-30)28-37-34(39)32-20-19-26-35-29-32/h3-4,6-7,9-10,12-13,15-16,19-20,26,29-31H,2,5,8,11,14,17-18,21-25,27-28H2,1H3,(H,36,38)(H,37,39)/b4-3-,7-6-,10-9-,13-12-,16-15-. The van der Waals surface area contributed by atoms with Crippen LogP contribution in [0.25, 0.3) is 0 Å². The summed E-state index contributed by atoms with van der Waals surface area (Å²) in [5.41, 5.74) is 0.607. The largest absolute Gasteiger partial charge is 0.356 e. The summed E-state index contributed by atoms with van der Waals surface area (Å²) in [6.07, 6.45) is 37.1. The molecular formula is C34H49N3O2. The van der Waals surface area contributed by atoms with Crippen LogP contribution in [-0.4, -0.2) is 29.9 Å². The topological polar surface area (TPSA) is 71.1 Å². The second-order valence-electron chi connectivity index (χ2n) is 10.2. The zero-order valence-electron chi connectivity index (χ0n) is 23.9. The highest BCUT2D eigenvalue weighted by molar-refractivity contribution is 5.93. The summed E-state index contributed by atoms with van der Waals surface area (Å²) in [6, 6.07) is 3.56. The van der Waals surface area contributed by atoms with E-state index in [-0.39, 0.29) is 11.8 Å². The number of nitrogens with zero attached hydrogens (tertiary/aromatic N) is 1. The van der Waals surface area contributed by atoms with E-state index in [4.69, 9.17) is 0 Å². The van der Waals surface area contributed by atoms with Crippen molar-refractivity contribution in [1.29, 1.82) is 0 Å². The van der Waals surface area contributed by atoms with Gasteiger partial charge in [0.2, 0.25) is 5.91 Å². The number of pyridine rings is 1. The summed E-state index contributed by atoms with van der Waals surface area (Å²) in [6.45, 7) is 3.64. The van der Waals surface area contributed by atoms with Gasteiger partial charge in [-0.3, -0.25) is 14.6 Å². The van der Waals surface area contributed by atoms with Gasteiger partial charge in [0.15, 0.2) is 0 Å². The minimum atomic E-state index is -0.0536. The van der Waals surface area contributed by atoms with Gasteiger partial charge in [-0.05, 0) is 94.6 Å². The molecular weight excluding hydrogens is 482 g/mol. The normalized spacial score (nSPS) is 18.2. The van der Waals surface area contributed by atoms with Gasteiger partial charge in [-0.1, -0.05) is 67.7 Å². The number of rotatable bonds is 18. The Morgan fingerprint density at radius 2 is 1.33 bits per heavy atom. The lowest BCUT2D eigenvalue weighted by atomic mass is 9.82. The van der Waals surface area contributed by atoms with Gasteiger partial charge in [-0.15, -0.1) is 0 Å². The first kappa shape index (κ1) is 32.0. The van der Waals surface area contributed by atoms with Crippen LogP contribution in [0.3, 0.4) is 0 Å². The number of amides is 2. The van der Waals surface area contributed by atoms with Crippen LogP contribution in [-0.2, 0) is 4.79 Å². The minimum absolute atomic E-state index is 0.0536. The van der Waals surface area contributed by atoms with Gasteiger partial charge in [-0.25, -0.2) is 0 Å². The second-order valence-corrected chi connectivity index (χ2v) is 10.2. The van der Waals surface area contributed by atoms with Crippen LogP contribution >= 0.6 is 0 Å². The zero-order valence-corrected chi connectivity index (χ0v) is 23.9. The van der Waals surface area contributed by atoms with E-state index in [0.29, 0.717) is 30.4 Å². The fourth-order valence-corrected chi connectivity index (χ4v) is 4.57. The maximum atomic E-state index is 12.2. The Morgan fingerprint density at radius 1 is 0.795 bits per heavy atom. The molecule has 0 spiro atoms. The molecule has 0 radical (unpaired) electrons. The third kappa shape index (κ3) is 16.4. The SMILES string of the molecule is CC/C=C\C/C=C\C/C=C\C/C=C\C/C=C\CCCC(=O)NCC1CCC(CNC(=O)c2cccnc2)CC1. The molecule has 1 aromatic rings. The highest BCUT2D eigenvalue weighted by Gasteiger charge is 2.22. The lowest BCUT2D eigenvalue weighted by Crippen LogP contribution is -2.34. The van der Waals surface area contributed by atoms with Gasteiger partial charge in [0.25, 0.3) is 5.91 Å². The average Bonchev–Trinajstić information content (AvgIpc) is 2.97. The van der Waals surface area contributed by atoms with E-state index in [1.165, 1.54) is 0 Å². The molecule has 1 aromatic heterocycles. The van der Waals surface area contributed by atoms with Gasteiger partial charge in [0.05, 0.1) is 5.56 Å². The predicted molar refractivity (Wildman–Crippen MR) is 163 cm³/mol. The molecule has 1 fully saturated rings. The summed E-state index contributed by atoms with van der Waals surface area (Å²) in [5.74, 6) is 1.17. The lowest BCUT2D eigenvalue weighted by molar-refractivity contribution is -0.121. The summed E-state index contributed by atoms with van der Waals surface area (Å²) < 4.78 is 0. The van der Waals surface area contributed by atoms with Gasteiger partial charge < -0.3 is 10.6 Å². The van der Waals surface area contributed by atoms with Crippen LogP contribution in [0.5, 0.6) is 0 Å². The quantitative estimate of drug-likeness (QED) is 0.151. The first-order valence-corrected chi connectivity index (χ1v) is 14.9. The molecule has 1 heterocycles. The molecule has 0 unspecified atom stereocenters. The fraction of sp³-hybridized carbons (Fsp3) is 0.500. The van der Waals surface area contributed by atoms with Crippen molar-refractivity contribution in [3.63, 3.8) is 0 Å². The zero-order chi connectivity index (χ0) is 27.8. The maximum Gasteiger partial charge on any atom is 0.252 e. The van der Waals surface area contributed by atoms with Crippen LogP contribution < -0.4 is 10.6 Å². The van der Waals surface area contributed by atoms with Crippen molar-refractivity contribution in [1.82, 2.24) is 15.6 Å². The van der Waals surface area contributed by atoms with Crippen molar-refractivity contribution in [3.8, 4) is 0 Å². The van der Waals surface area contributed by atoms with Crippen molar-refractivity contribution in [2.75, 3.05) is 13.1 Å². The summed E-state index contributed by atoms with van der Waals surface area (Å²) in [7, 11) is 0. The van der Waals surface area contributed by atoms with Crippen molar-refractivity contribution < 1.29 is 9.59 Å². The maximum absolute atomic E-state index is 12.2. The molecule has 5 nitrogen and oxygen atoms in total. The van der Waals surface area contributed by atoms with E-state index in [2.05, 4.69) is 83.3 Å². The van der Waals surface area contributed by atoms with Crippen LogP contribution in [0.1, 0.15) is 94.3 Å². The van der Waals surface area contributed by atoms with Crippen molar-refractivity contribution in [2.24, 2.45) is 11.8 Å². The molecule has 2 amide bonds. The third-order valence-electron chi connectivity index (χ3n) is 6.96. The Morgan fingerprint density at radius 3 is 1.87 bits per heavy atom. The van der Waals surface area contributed by atoms with Crippen LogP contribution in [0, 0.1) is 11.8 Å². The molecule has 0 atom stereocenters. The van der Waals surface area contributed by atoms with Gasteiger partial charge in [0, 0.05) is 31.9 Å². The minimum Gasteiger partial charge on any atom is -0.356 e. The van der Waals surface area contributed by atoms with Crippen molar-refractivity contribution in [2.45, 2.75) is 84.0 Å². The number of carbonyl (C=O) groups excluding carboxylic acids is 2. The van der Waals surface area contributed by atoms with E-state index in [1.807, 2.05) is 0 Å². The molecule has 1 aliphatic carbocycles. The highest BCUT2D eigenvalue weighted by atomic mass is 16.2. The number of hydrogen-bond acceptors (Lipinski definition) is 3. The molecule has 5 heteroatoms. The Balaban J connectivity index is 1.42. The molecule has 0 aromatic carbocycles. The first-order valence-electron chi connectivity index (χ1n) is 14.9. The van der Waals surface area contributed by atoms with Gasteiger partial charge >= 0.3 is 0 Å². The summed E-state index contributed by atoms with van der Waals surface area (Å²) >= 11 is 0. The Hall–Kier alpha value is -3.21. The third-order valence-corrected chi connectivity index (χ3v) is 6.96. The summed E-state index contributed by atoms with van der Waals surface area (Å²) in [4.78, 5) is 28.4. The average molecular weight is 532 g/mol. The van der Waals surface area contributed by atoms with E-state index < -0.39 is 0 Å². The fourth-order valence-electron chi connectivity index (χ4n) is 4.57. The molecule has 1 saturated carbocycles. The number of unbranched alkanes of at least 4 members (excludes halogenated alkanes) is 1. The molecule has 0 saturated heterocycles. The van der Waals surface area contributed by atoms with E-state index in [0.717, 1.165) is 77.2 Å². The number of nitrogens with one attached hydrogen (secondary N) is 2. The molecule has 2 rings (SSSR count). The smallest absolute Gasteiger partial charge is 0.252 e. The number of aromatic nitrogens is 1. The molecule has 1 aliphatic rings. The van der Waals surface area contributed by atoms with E-state index in [1.54, 1.807) is 24.5 Å². The Labute approximate surface area is 236 Å². The Bertz CT molecular complexity index is 938. The van der Waals surface area contributed by atoms with Crippen molar-refractivity contribution >= 4 is 11.8 Å². The number of carbonyl (C=O) groups is 2. The van der Waals surface area contributed by atoms with Crippen LogP contribution in [0.4, 0.5) is 0 Å². The van der Waals surface area contributed by atoms with Crippen molar-refractivity contribution in [3.05, 3.63) is 90.9 Å². The predicted octanol–water partition coefficient (Wildman–Crippen LogP) is 7.66. The highest BCUT2D eigenvalue weighted by Crippen LogP contribution is 2.28. The first-order chi connectivity index (χ1) is 19.2. The second kappa shape index (κ2) is 21.7. The van der Waals surface area contributed by atoms with E-state index in [9.17, 15) is 9.59 Å². The molecule has 0 bridgehead atoms. The van der Waals surface area contributed by atoms with Gasteiger partial charge in [0.1, 0.15) is 0 Å². The van der Waals surface area contributed by atoms with Crippen LogP contribution in [0.15, 0.2) is 85.3 Å². The van der Waals surface area contributed by atoms with Gasteiger partial charge in [-0.2, -0.15) is 0 Å². The molecule has 39 heavy (non-hydrogen) atoms. The Kier molecular flexibility index (Phi) is 17.8. The summed E-state index contributed by atoms with van der Waals surface area (Å²) in [5, 5.41) is 6.16. The lowest BCUT2D eigenvalue weighted by Gasteiger charge is -2.28. The monoisotopic (exact) mass is 531 g/mol. The molecule has 0 aliphatic heterocycles. The number of hydrogen-bond donors (Lipinski definition) is 2. The van der Waals surface area contributed by atoms with E-state index >= 15 is 0 Å². The molecule has 2 N–H and O–H groups in total. The van der Waals surface area contributed by atoms with Crippen LogP contribution in [0.2, 0.25) is 0 Å². The molecule has 212 valence electrons. The number of allylic oxidation sites excluding steroid dienone is 10.